The van der Waals surface area contributed by atoms with Crippen molar-refractivity contribution in [2.75, 3.05) is 7.11 Å². The Balaban J connectivity index is 2.19. The van der Waals surface area contributed by atoms with Crippen LogP contribution in [-0.4, -0.2) is 17.1 Å². The summed E-state index contributed by atoms with van der Waals surface area (Å²) in [5, 5.41) is 0. The van der Waals surface area contributed by atoms with Crippen molar-refractivity contribution in [3.05, 3.63) is 60.4 Å². The summed E-state index contributed by atoms with van der Waals surface area (Å²) in [6, 6.07) is 16.4. The van der Waals surface area contributed by atoms with E-state index in [-0.39, 0.29) is 0 Å². The van der Waals surface area contributed by atoms with Crippen molar-refractivity contribution in [1.29, 1.82) is 0 Å². The van der Waals surface area contributed by atoms with Crippen LogP contribution in [0.4, 0.5) is 0 Å². The zero-order valence-electron chi connectivity index (χ0n) is 11.6. The number of hydrogen-bond acceptors (Lipinski definition) is 2. The van der Waals surface area contributed by atoms with Crippen LogP contribution in [0, 0.1) is 6.92 Å². The molecule has 20 heavy (non-hydrogen) atoms. The second kappa shape index (κ2) is 5.21. The minimum atomic E-state index is 0.828. The first-order valence-electron chi connectivity index (χ1n) is 6.53. The number of nitrogens with zero attached hydrogens (tertiary/aromatic N) is 1. The van der Waals surface area contributed by atoms with E-state index in [9.17, 15) is 0 Å². The molecular formula is C17H16N2O. The molecule has 0 saturated carbocycles. The van der Waals surface area contributed by atoms with E-state index in [1.807, 2.05) is 43.5 Å². The van der Waals surface area contributed by atoms with E-state index in [1.165, 1.54) is 5.56 Å². The summed E-state index contributed by atoms with van der Waals surface area (Å²) in [5.41, 5.74) is 4.39. The van der Waals surface area contributed by atoms with Crippen molar-refractivity contribution in [1.82, 2.24) is 9.97 Å². The number of aryl methyl sites for hydroxylation is 1. The lowest BCUT2D eigenvalue weighted by Crippen LogP contribution is -1.90. The van der Waals surface area contributed by atoms with Gasteiger partial charge in [-0.05, 0) is 36.2 Å². The van der Waals surface area contributed by atoms with E-state index < -0.39 is 0 Å². The summed E-state index contributed by atoms with van der Waals surface area (Å²) in [6.45, 7) is 2.00. The minimum absolute atomic E-state index is 0.828. The molecule has 0 atom stereocenters. The Morgan fingerprint density at radius 3 is 2.45 bits per heavy atom. The van der Waals surface area contributed by atoms with Crippen LogP contribution in [0.5, 0.6) is 5.75 Å². The van der Waals surface area contributed by atoms with Crippen LogP contribution in [0.3, 0.4) is 0 Å². The monoisotopic (exact) mass is 264 g/mol. The van der Waals surface area contributed by atoms with E-state index in [2.05, 4.69) is 28.2 Å². The Kier molecular flexibility index (Phi) is 3.25. The van der Waals surface area contributed by atoms with Crippen LogP contribution < -0.4 is 4.74 Å². The molecule has 0 spiro atoms. The van der Waals surface area contributed by atoms with Gasteiger partial charge in [0.15, 0.2) is 0 Å². The topological polar surface area (TPSA) is 37.9 Å². The van der Waals surface area contributed by atoms with Gasteiger partial charge in [0.1, 0.15) is 11.6 Å². The van der Waals surface area contributed by atoms with E-state index in [0.717, 1.165) is 28.4 Å². The number of hydrogen-bond donors (Lipinski definition) is 1. The van der Waals surface area contributed by atoms with Gasteiger partial charge in [-0.2, -0.15) is 0 Å². The van der Waals surface area contributed by atoms with Crippen molar-refractivity contribution in [3.8, 4) is 28.3 Å². The Hall–Kier alpha value is -2.55. The molecule has 0 amide bonds. The third kappa shape index (κ3) is 2.30. The first-order chi connectivity index (χ1) is 9.78. The fourth-order valence-corrected chi connectivity index (χ4v) is 2.27. The fraction of sp³-hybridized carbons (Fsp3) is 0.118. The zero-order valence-corrected chi connectivity index (χ0v) is 11.6. The Morgan fingerprint density at radius 1 is 1.00 bits per heavy atom. The quantitative estimate of drug-likeness (QED) is 0.774. The lowest BCUT2D eigenvalue weighted by molar-refractivity contribution is 0.415. The number of aromatic nitrogens is 2. The standard InChI is InChI=1S/C17H16N2O/c1-12-11-18-17(19-12)16-10-14(20-2)8-9-15(16)13-6-4-3-5-7-13/h3-11H,1-2H3,(H,18,19). The highest BCUT2D eigenvalue weighted by Gasteiger charge is 2.11. The maximum absolute atomic E-state index is 5.33. The molecule has 1 heterocycles. The highest BCUT2D eigenvalue weighted by molar-refractivity contribution is 5.81. The third-order valence-corrected chi connectivity index (χ3v) is 3.27. The summed E-state index contributed by atoms with van der Waals surface area (Å²) in [6.07, 6.45) is 1.84. The molecule has 1 aromatic heterocycles. The summed E-state index contributed by atoms with van der Waals surface area (Å²) >= 11 is 0. The Labute approximate surface area is 118 Å². The molecule has 2 aromatic carbocycles. The number of H-pyrrole nitrogens is 1. The van der Waals surface area contributed by atoms with E-state index >= 15 is 0 Å². The molecule has 0 unspecified atom stereocenters. The third-order valence-electron chi connectivity index (χ3n) is 3.27. The summed E-state index contributed by atoms with van der Waals surface area (Å²) < 4.78 is 5.33. The number of benzene rings is 2. The minimum Gasteiger partial charge on any atom is -0.497 e. The molecule has 0 aliphatic carbocycles. The molecular weight excluding hydrogens is 248 g/mol. The van der Waals surface area contributed by atoms with E-state index in [0.29, 0.717) is 0 Å². The van der Waals surface area contributed by atoms with Crippen molar-refractivity contribution in [3.63, 3.8) is 0 Å². The van der Waals surface area contributed by atoms with Gasteiger partial charge < -0.3 is 9.72 Å². The smallest absolute Gasteiger partial charge is 0.138 e. The van der Waals surface area contributed by atoms with Crippen molar-refractivity contribution < 1.29 is 4.74 Å². The number of ether oxygens (including phenoxy) is 1. The van der Waals surface area contributed by atoms with Gasteiger partial charge in [0.05, 0.1) is 7.11 Å². The van der Waals surface area contributed by atoms with E-state index in [1.54, 1.807) is 7.11 Å². The summed E-state index contributed by atoms with van der Waals surface area (Å²) in [4.78, 5) is 7.72. The molecule has 3 aromatic rings. The predicted molar refractivity (Wildman–Crippen MR) is 80.7 cm³/mol. The van der Waals surface area contributed by atoms with Gasteiger partial charge in [-0.3, -0.25) is 0 Å². The molecule has 100 valence electrons. The Morgan fingerprint density at radius 2 is 1.80 bits per heavy atom. The molecule has 1 N–H and O–H groups in total. The van der Waals surface area contributed by atoms with Gasteiger partial charge in [-0.1, -0.05) is 30.3 Å². The summed E-state index contributed by atoms with van der Waals surface area (Å²) in [5.74, 6) is 1.69. The summed E-state index contributed by atoms with van der Waals surface area (Å²) in [7, 11) is 1.68. The molecule has 0 saturated heterocycles. The number of nitrogens with one attached hydrogen (secondary N) is 1. The van der Waals surface area contributed by atoms with Gasteiger partial charge in [0.25, 0.3) is 0 Å². The van der Waals surface area contributed by atoms with Gasteiger partial charge in [-0.25, -0.2) is 4.98 Å². The molecule has 0 aliphatic heterocycles. The van der Waals surface area contributed by atoms with Crippen molar-refractivity contribution >= 4 is 0 Å². The average molecular weight is 264 g/mol. The maximum Gasteiger partial charge on any atom is 0.138 e. The van der Waals surface area contributed by atoms with Gasteiger partial charge in [-0.15, -0.1) is 0 Å². The van der Waals surface area contributed by atoms with Gasteiger partial charge >= 0.3 is 0 Å². The molecule has 3 rings (SSSR count). The van der Waals surface area contributed by atoms with Gasteiger partial charge in [0.2, 0.25) is 0 Å². The number of methoxy groups -OCH3 is 1. The molecule has 3 nitrogen and oxygen atoms in total. The number of rotatable bonds is 3. The lowest BCUT2D eigenvalue weighted by atomic mass is 9.99. The van der Waals surface area contributed by atoms with E-state index in [4.69, 9.17) is 4.74 Å². The first kappa shape index (κ1) is 12.5. The molecule has 0 aliphatic rings. The molecule has 3 heteroatoms. The van der Waals surface area contributed by atoms with Crippen molar-refractivity contribution in [2.24, 2.45) is 0 Å². The van der Waals surface area contributed by atoms with Crippen LogP contribution in [0.25, 0.3) is 22.5 Å². The van der Waals surface area contributed by atoms with Crippen LogP contribution in [0.2, 0.25) is 0 Å². The zero-order chi connectivity index (χ0) is 13.9. The Bertz CT molecular complexity index is 717. The van der Waals surface area contributed by atoms with Gasteiger partial charge in [0, 0.05) is 17.5 Å². The number of imidazole rings is 1. The second-order valence-corrected chi connectivity index (χ2v) is 4.69. The van der Waals surface area contributed by atoms with Crippen LogP contribution in [0.1, 0.15) is 5.69 Å². The average Bonchev–Trinajstić information content (AvgIpc) is 2.94. The fourth-order valence-electron chi connectivity index (χ4n) is 2.27. The molecule has 0 radical (unpaired) electrons. The molecule has 0 bridgehead atoms. The maximum atomic E-state index is 5.33. The predicted octanol–water partition coefficient (Wildman–Crippen LogP) is 4.06. The SMILES string of the molecule is COc1ccc(-c2ccccc2)c(-c2ncc(C)[nH]2)c1. The normalized spacial score (nSPS) is 10.5. The second-order valence-electron chi connectivity index (χ2n) is 4.69. The lowest BCUT2D eigenvalue weighted by Gasteiger charge is -2.10. The van der Waals surface area contributed by atoms with Crippen LogP contribution in [-0.2, 0) is 0 Å². The largest absolute Gasteiger partial charge is 0.497 e. The highest BCUT2D eigenvalue weighted by atomic mass is 16.5. The van der Waals surface area contributed by atoms with Crippen molar-refractivity contribution in [2.45, 2.75) is 6.92 Å². The van der Waals surface area contributed by atoms with Crippen LogP contribution in [0.15, 0.2) is 54.7 Å². The van der Waals surface area contributed by atoms with Crippen LogP contribution >= 0.6 is 0 Å². The number of aromatic amines is 1. The highest BCUT2D eigenvalue weighted by Crippen LogP contribution is 2.33. The molecule has 0 fully saturated rings. The first-order valence-corrected chi connectivity index (χ1v) is 6.53.